The van der Waals surface area contributed by atoms with E-state index in [2.05, 4.69) is 19.4 Å². The molecule has 0 atom stereocenters. The predicted molar refractivity (Wildman–Crippen MR) is 74.1 cm³/mol. The Bertz CT molecular complexity index is 481. The second-order valence-electron chi connectivity index (χ2n) is 4.04. The van der Waals surface area contributed by atoms with Gasteiger partial charge in [0, 0.05) is 26.4 Å². The highest BCUT2D eigenvalue weighted by atomic mass is 16.5. The summed E-state index contributed by atoms with van der Waals surface area (Å²) in [6, 6.07) is 1.65. The van der Waals surface area contributed by atoms with E-state index >= 15 is 0 Å². The van der Waals surface area contributed by atoms with Crippen LogP contribution in [0.5, 0.6) is 0 Å². The van der Waals surface area contributed by atoms with E-state index in [1.54, 1.807) is 13.2 Å². The third-order valence-electron chi connectivity index (χ3n) is 2.71. The Balaban J connectivity index is 2.85. The van der Waals surface area contributed by atoms with E-state index in [0.717, 1.165) is 0 Å². The second kappa shape index (κ2) is 8.85. The number of rotatable bonds is 8. The number of nitrogens with zero attached hydrogens (tertiary/aromatic N) is 3. The number of carbonyl (C=O) groups is 2. The van der Waals surface area contributed by atoms with Gasteiger partial charge < -0.3 is 19.1 Å². The SMILES string of the molecule is COCCN(CCC(=O)OC)c1ccnc(C(=O)OC)n1. The molecular formula is C13H19N3O5. The zero-order valence-corrected chi connectivity index (χ0v) is 12.4. The summed E-state index contributed by atoms with van der Waals surface area (Å²) < 4.78 is 14.2. The summed E-state index contributed by atoms with van der Waals surface area (Å²) in [5, 5.41) is 0. The van der Waals surface area contributed by atoms with Crippen molar-refractivity contribution in [3.63, 3.8) is 0 Å². The van der Waals surface area contributed by atoms with Gasteiger partial charge in [-0.2, -0.15) is 0 Å². The Morgan fingerprint density at radius 1 is 1.19 bits per heavy atom. The molecule has 0 saturated heterocycles. The lowest BCUT2D eigenvalue weighted by Crippen LogP contribution is -2.31. The molecule has 0 aliphatic heterocycles. The first-order chi connectivity index (χ1) is 10.1. The number of hydrogen-bond acceptors (Lipinski definition) is 8. The molecule has 116 valence electrons. The van der Waals surface area contributed by atoms with Crippen LogP contribution in [0.4, 0.5) is 5.82 Å². The van der Waals surface area contributed by atoms with E-state index in [9.17, 15) is 9.59 Å². The highest BCUT2D eigenvalue weighted by molar-refractivity contribution is 5.85. The maximum absolute atomic E-state index is 11.5. The minimum atomic E-state index is -0.614. The van der Waals surface area contributed by atoms with Gasteiger partial charge in [-0.15, -0.1) is 0 Å². The van der Waals surface area contributed by atoms with Gasteiger partial charge in [-0.05, 0) is 6.07 Å². The Morgan fingerprint density at radius 3 is 2.57 bits per heavy atom. The zero-order valence-electron chi connectivity index (χ0n) is 12.4. The van der Waals surface area contributed by atoms with Crippen molar-refractivity contribution in [1.29, 1.82) is 0 Å². The highest BCUT2D eigenvalue weighted by Gasteiger charge is 2.15. The van der Waals surface area contributed by atoms with Crippen LogP contribution in [0, 0.1) is 0 Å². The molecule has 0 aliphatic rings. The highest BCUT2D eigenvalue weighted by Crippen LogP contribution is 2.11. The van der Waals surface area contributed by atoms with Gasteiger partial charge in [0.25, 0.3) is 0 Å². The van der Waals surface area contributed by atoms with Crippen LogP contribution in [0.25, 0.3) is 0 Å². The molecule has 0 aromatic carbocycles. The lowest BCUT2D eigenvalue weighted by Gasteiger charge is -2.22. The number of hydrogen-bond donors (Lipinski definition) is 0. The topological polar surface area (TPSA) is 90.8 Å². The molecule has 0 fully saturated rings. The van der Waals surface area contributed by atoms with Crippen LogP contribution >= 0.6 is 0 Å². The Labute approximate surface area is 123 Å². The van der Waals surface area contributed by atoms with Gasteiger partial charge in [-0.3, -0.25) is 4.79 Å². The number of anilines is 1. The quantitative estimate of drug-likeness (QED) is 0.632. The molecule has 0 saturated carbocycles. The third-order valence-corrected chi connectivity index (χ3v) is 2.71. The zero-order chi connectivity index (χ0) is 15.7. The molecule has 0 amide bonds. The van der Waals surface area contributed by atoms with Crippen LogP contribution < -0.4 is 4.90 Å². The summed E-state index contributed by atoms with van der Waals surface area (Å²) in [6.07, 6.45) is 1.67. The fourth-order valence-electron chi connectivity index (χ4n) is 1.59. The number of methoxy groups -OCH3 is 3. The first-order valence-electron chi connectivity index (χ1n) is 6.34. The summed E-state index contributed by atoms with van der Waals surface area (Å²) >= 11 is 0. The molecular weight excluding hydrogens is 278 g/mol. The molecule has 1 heterocycles. The molecule has 8 nitrogen and oxygen atoms in total. The summed E-state index contributed by atoms with van der Waals surface area (Å²) in [7, 11) is 4.18. The minimum Gasteiger partial charge on any atom is -0.469 e. The summed E-state index contributed by atoms with van der Waals surface area (Å²) in [5.74, 6) is -0.446. The molecule has 0 aliphatic carbocycles. The van der Waals surface area contributed by atoms with Gasteiger partial charge in [0.05, 0.1) is 27.2 Å². The maximum atomic E-state index is 11.5. The van der Waals surface area contributed by atoms with Crippen molar-refractivity contribution in [2.75, 3.05) is 45.9 Å². The average molecular weight is 297 g/mol. The van der Waals surface area contributed by atoms with E-state index in [0.29, 0.717) is 25.5 Å². The molecule has 0 spiro atoms. The van der Waals surface area contributed by atoms with E-state index in [1.165, 1.54) is 20.4 Å². The fourth-order valence-corrected chi connectivity index (χ4v) is 1.59. The third kappa shape index (κ3) is 5.35. The van der Waals surface area contributed by atoms with Crippen LogP contribution in [0.2, 0.25) is 0 Å². The first-order valence-corrected chi connectivity index (χ1v) is 6.34. The van der Waals surface area contributed by atoms with Crippen LogP contribution in [0.3, 0.4) is 0 Å². The monoisotopic (exact) mass is 297 g/mol. The Kier molecular flexibility index (Phi) is 7.10. The van der Waals surface area contributed by atoms with Crippen LogP contribution in [0.15, 0.2) is 12.3 Å². The van der Waals surface area contributed by atoms with Crippen molar-refractivity contribution in [2.45, 2.75) is 6.42 Å². The van der Waals surface area contributed by atoms with Crippen molar-refractivity contribution >= 4 is 17.8 Å². The van der Waals surface area contributed by atoms with Crippen LogP contribution in [-0.4, -0.2) is 62.9 Å². The van der Waals surface area contributed by atoms with Crippen molar-refractivity contribution in [3.05, 3.63) is 18.1 Å². The number of carbonyl (C=O) groups excluding carboxylic acids is 2. The van der Waals surface area contributed by atoms with Crippen molar-refractivity contribution in [1.82, 2.24) is 9.97 Å². The predicted octanol–water partition coefficient (Wildman–Crippen LogP) is 0.279. The molecule has 8 heteroatoms. The van der Waals surface area contributed by atoms with Crippen molar-refractivity contribution < 1.29 is 23.8 Å². The molecule has 1 aromatic heterocycles. The minimum absolute atomic E-state index is 0.0320. The van der Waals surface area contributed by atoms with Gasteiger partial charge in [-0.1, -0.05) is 0 Å². The maximum Gasteiger partial charge on any atom is 0.376 e. The van der Waals surface area contributed by atoms with Gasteiger partial charge in [0.15, 0.2) is 0 Å². The standard InChI is InChI=1S/C13H19N3O5/c1-19-9-8-16(7-5-11(17)20-2)10-4-6-14-12(15-10)13(18)21-3/h4,6H,5,7-9H2,1-3H3. The van der Waals surface area contributed by atoms with Crippen molar-refractivity contribution in [3.8, 4) is 0 Å². The van der Waals surface area contributed by atoms with E-state index in [-0.39, 0.29) is 18.2 Å². The summed E-state index contributed by atoms with van der Waals surface area (Å²) in [6.45, 7) is 1.37. The molecule has 0 unspecified atom stereocenters. The van der Waals surface area contributed by atoms with Crippen LogP contribution in [-0.2, 0) is 19.0 Å². The first kappa shape index (κ1) is 16.8. The normalized spacial score (nSPS) is 10.0. The molecule has 0 N–H and O–H groups in total. The number of esters is 2. The molecule has 1 aromatic rings. The Hall–Kier alpha value is -2.22. The van der Waals surface area contributed by atoms with Gasteiger partial charge in [0.2, 0.25) is 5.82 Å². The summed E-state index contributed by atoms with van der Waals surface area (Å²) in [4.78, 5) is 32.5. The molecule has 21 heavy (non-hydrogen) atoms. The number of ether oxygens (including phenoxy) is 3. The van der Waals surface area contributed by atoms with Gasteiger partial charge >= 0.3 is 11.9 Å². The van der Waals surface area contributed by atoms with Gasteiger partial charge in [-0.25, -0.2) is 14.8 Å². The largest absolute Gasteiger partial charge is 0.469 e. The van der Waals surface area contributed by atoms with E-state index in [1.807, 2.05) is 4.90 Å². The Morgan fingerprint density at radius 2 is 1.95 bits per heavy atom. The molecule has 1 rings (SSSR count). The van der Waals surface area contributed by atoms with E-state index < -0.39 is 5.97 Å². The second-order valence-corrected chi connectivity index (χ2v) is 4.04. The molecule has 0 radical (unpaired) electrons. The van der Waals surface area contributed by atoms with Crippen LogP contribution in [0.1, 0.15) is 17.0 Å². The lowest BCUT2D eigenvalue weighted by molar-refractivity contribution is -0.140. The summed E-state index contributed by atoms with van der Waals surface area (Å²) in [5.41, 5.74) is 0. The van der Waals surface area contributed by atoms with E-state index in [4.69, 9.17) is 4.74 Å². The molecule has 0 bridgehead atoms. The average Bonchev–Trinajstić information content (AvgIpc) is 2.53. The smallest absolute Gasteiger partial charge is 0.376 e. The lowest BCUT2D eigenvalue weighted by atomic mass is 10.3. The van der Waals surface area contributed by atoms with Crippen molar-refractivity contribution in [2.24, 2.45) is 0 Å². The van der Waals surface area contributed by atoms with Gasteiger partial charge in [0.1, 0.15) is 5.82 Å². The fraction of sp³-hybridized carbons (Fsp3) is 0.538. The number of aromatic nitrogens is 2.